The molecular weight excluding hydrogens is 360 g/mol. The molecule has 3 aromatic carbocycles. The van der Waals surface area contributed by atoms with E-state index in [0.717, 1.165) is 27.6 Å². The van der Waals surface area contributed by atoms with E-state index in [-0.39, 0.29) is 5.69 Å². The first kappa shape index (κ1) is 17.1. The van der Waals surface area contributed by atoms with Crippen LogP contribution in [0.5, 0.6) is 0 Å². The van der Waals surface area contributed by atoms with Crippen LogP contribution in [0, 0.1) is 0 Å². The lowest BCUT2D eigenvalue weighted by Gasteiger charge is -2.11. The van der Waals surface area contributed by atoms with E-state index in [2.05, 4.69) is 16.7 Å². The fourth-order valence-electron chi connectivity index (χ4n) is 3.54. The summed E-state index contributed by atoms with van der Waals surface area (Å²) in [4.78, 5) is 18.0. The summed E-state index contributed by atoms with van der Waals surface area (Å²) in [7, 11) is 0. The SMILES string of the molecule is C=Cc1ccc(Cn2c(=O)n3nc(-c4ccccc4)nc3c3ccccc32)cc1. The molecule has 0 atom stereocenters. The fraction of sp³-hybridized carbons (Fsp3) is 0.0417. The van der Waals surface area contributed by atoms with Crippen LogP contribution in [0.2, 0.25) is 0 Å². The largest absolute Gasteiger partial charge is 0.351 e. The maximum Gasteiger partial charge on any atom is 0.351 e. The van der Waals surface area contributed by atoms with E-state index < -0.39 is 0 Å². The van der Waals surface area contributed by atoms with Crippen molar-refractivity contribution in [2.45, 2.75) is 6.54 Å². The second kappa shape index (κ2) is 6.87. The molecule has 0 aliphatic carbocycles. The number of aromatic nitrogens is 4. The fourth-order valence-corrected chi connectivity index (χ4v) is 3.54. The van der Waals surface area contributed by atoms with E-state index in [1.165, 1.54) is 4.52 Å². The van der Waals surface area contributed by atoms with Crippen molar-refractivity contribution in [2.24, 2.45) is 0 Å². The van der Waals surface area contributed by atoms with Gasteiger partial charge in [-0.2, -0.15) is 4.52 Å². The van der Waals surface area contributed by atoms with Crippen LogP contribution < -0.4 is 5.69 Å². The van der Waals surface area contributed by atoms with Crippen molar-refractivity contribution in [3.8, 4) is 11.4 Å². The molecular formula is C24H18N4O. The Bertz CT molecular complexity index is 1400. The molecule has 5 nitrogen and oxygen atoms in total. The predicted molar refractivity (Wildman–Crippen MR) is 116 cm³/mol. The molecule has 0 saturated carbocycles. The third-order valence-electron chi connectivity index (χ3n) is 5.04. The van der Waals surface area contributed by atoms with Crippen molar-refractivity contribution in [2.75, 3.05) is 0 Å². The summed E-state index contributed by atoms with van der Waals surface area (Å²) in [6.45, 7) is 4.24. The summed E-state index contributed by atoms with van der Waals surface area (Å²) >= 11 is 0. The molecule has 2 aromatic heterocycles. The highest BCUT2D eigenvalue weighted by Gasteiger charge is 2.15. The Balaban J connectivity index is 1.73. The molecule has 5 aromatic rings. The zero-order valence-electron chi connectivity index (χ0n) is 15.7. The first-order valence-corrected chi connectivity index (χ1v) is 9.40. The van der Waals surface area contributed by atoms with Gasteiger partial charge in [0.2, 0.25) is 0 Å². The lowest BCUT2D eigenvalue weighted by molar-refractivity contribution is 0.716. The van der Waals surface area contributed by atoms with Gasteiger partial charge in [-0.05, 0) is 23.3 Å². The third-order valence-corrected chi connectivity index (χ3v) is 5.04. The van der Waals surface area contributed by atoms with Crippen molar-refractivity contribution in [3.05, 3.63) is 107 Å². The maximum absolute atomic E-state index is 13.3. The molecule has 29 heavy (non-hydrogen) atoms. The first-order valence-electron chi connectivity index (χ1n) is 9.40. The van der Waals surface area contributed by atoms with Gasteiger partial charge >= 0.3 is 5.69 Å². The van der Waals surface area contributed by atoms with Crippen LogP contribution in [0.4, 0.5) is 0 Å². The van der Waals surface area contributed by atoms with Gasteiger partial charge < -0.3 is 0 Å². The molecule has 0 saturated heterocycles. The van der Waals surface area contributed by atoms with Crippen LogP contribution in [0.15, 0.2) is 90.2 Å². The molecule has 0 aliphatic rings. The summed E-state index contributed by atoms with van der Waals surface area (Å²) in [5, 5.41) is 5.41. The zero-order chi connectivity index (χ0) is 19.8. The van der Waals surface area contributed by atoms with E-state index in [4.69, 9.17) is 0 Å². The van der Waals surface area contributed by atoms with Crippen molar-refractivity contribution >= 4 is 22.6 Å². The van der Waals surface area contributed by atoms with Gasteiger partial charge in [0.25, 0.3) is 0 Å². The quantitative estimate of drug-likeness (QED) is 0.466. The van der Waals surface area contributed by atoms with Gasteiger partial charge in [-0.25, -0.2) is 9.78 Å². The Kier molecular flexibility index (Phi) is 4.06. The summed E-state index contributed by atoms with van der Waals surface area (Å²) in [5.41, 5.74) is 4.16. The summed E-state index contributed by atoms with van der Waals surface area (Å²) < 4.78 is 3.15. The number of fused-ring (bicyclic) bond motifs is 3. The van der Waals surface area contributed by atoms with Gasteiger partial charge in [0.15, 0.2) is 11.5 Å². The lowest BCUT2D eigenvalue weighted by atomic mass is 10.1. The minimum absolute atomic E-state index is 0.207. The maximum atomic E-state index is 13.3. The van der Waals surface area contributed by atoms with Gasteiger partial charge in [-0.15, -0.1) is 5.10 Å². The molecule has 140 valence electrons. The summed E-state index contributed by atoms with van der Waals surface area (Å²) in [6.07, 6.45) is 1.80. The smallest absolute Gasteiger partial charge is 0.287 e. The Morgan fingerprint density at radius 1 is 0.897 bits per heavy atom. The predicted octanol–water partition coefficient (Wildman–Crippen LogP) is 4.40. The number of hydrogen-bond donors (Lipinski definition) is 0. The normalized spacial score (nSPS) is 11.2. The number of nitrogens with zero attached hydrogens (tertiary/aromatic N) is 4. The molecule has 0 N–H and O–H groups in total. The molecule has 0 aliphatic heterocycles. The van der Waals surface area contributed by atoms with Crippen molar-refractivity contribution in [1.29, 1.82) is 0 Å². The van der Waals surface area contributed by atoms with Crippen LogP contribution in [-0.2, 0) is 6.54 Å². The number of para-hydroxylation sites is 1. The molecule has 2 heterocycles. The van der Waals surface area contributed by atoms with Crippen molar-refractivity contribution in [3.63, 3.8) is 0 Å². The van der Waals surface area contributed by atoms with Gasteiger partial charge in [0, 0.05) is 10.9 Å². The van der Waals surface area contributed by atoms with Gasteiger partial charge in [0.05, 0.1) is 12.1 Å². The number of hydrogen-bond acceptors (Lipinski definition) is 3. The Morgan fingerprint density at radius 2 is 1.62 bits per heavy atom. The van der Waals surface area contributed by atoms with Crippen molar-refractivity contribution in [1.82, 2.24) is 19.2 Å². The van der Waals surface area contributed by atoms with Gasteiger partial charge in [-0.3, -0.25) is 4.57 Å². The summed E-state index contributed by atoms with van der Waals surface area (Å²) in [5.74, 6) is 0.543. The van der Waals surface area contributed by atoms with Crippen LogP contribution in [0.3, 0.4) is 0 Å². The third kappa shape index (κ3) is 2.93. The minimum Gasteiger partial charge on any atom is -0.287 e. The second-order valence-corrected chi connectivity index (χ2v) is 6.87. The summed E-state index contributed by atoms with van der Waals surface area (Å²) in [6, 6.07) is 25.5. The average Bonchev–Trinajstić information content (AvgIpc) is 3.24. The minimum atomic E-state index is -0.207. The first-order chi connectivity index (χ1) is 14.2. The van der Waals surface area contributed by atoms with E-state index in [1.807, 2.05) is 78.9 Å². The van der Waals surface area contributed by atoms with E-state index in [1.54, 1.807) is 10.6 Å². The van der Waals surface area contributed by atoms with Crippen LogP contribution in [-0.4, -0.2) is 19.2 Å². The van der Waals surface area contributed by atoms with Crippen molar-refractivity contribution < 1.29 is 0 Å². The highest BCUT2D eigenvalue weighted by molar-refractivity contribution is 5.91. The van der Waals surface area contributed by atoms with E-state index in [0.29, 0.717) is 18.0 Å². The van der Waals surface area contributed by atoms with Gasteiger partial charge in [0.1, 0.15) is 0 Å². The second-order valence-electron chi connectivity index (χ2n) is 6.87. The molecule has 0 spiro atoms. The molecule has 5 rings (SSSR count). The highest BCUT2D eigenvalue weighted by Crippen LogP contribution is 2.21. The molecule has 5 heteroatoms. The molecule has 0 unspecified atom stereocenters. The topological polar surface area (TPSA) is 52.2 Å². The van der Waals surface area contributed by atoms with E-state index in [9.17, 15) is 4.79 Å². The Morgan fingerprint density at radius 3 is 2.38 bits per heavy atom. The lowest BCUT2D eigenvalue weighted by Crippen LogP contribution is -2.28. The Hall–Kier alpha value is -3.99. The zero-order valence-corrected chi connectivity index (χ0v) is 15.7. The highest BCUT2D eigenvalue weighted by atomic mass is 16.2. The molecule has 0 fully saturated rings. The average molecular weight is 378 g/mol. The molecule has 0 radical (unpaired) electrons. The van der Waals surface area contributed by atoms with E-state index >= 15 is 0 Å². The monoisotopic (exact) mass is 378 g/mol. The van der Waals surface area contributed by atoms with Crippen LogP contribution in [0.25, 0.3) is 34.0 Å². The van der Waals surface area contributed by atoms with Gasteiger partial charge in [-0.1, -0.05) is 79.4 Å². The number of benzene rings is 3. The Labute approximate surface area is 167 Å². The number of rotatable bonds is 4. The van der Waals surface area contributed by atoms with Crippen LogP contribution >= 0.6 is 0 Å². The standard InChI is InChI=1S/C24H18N4O/c1-2-17-12-14-18(15-13-17)16-27-21-11-7-6-10-20(21)23-25-22(26-28(23)24(27)29)19-8-4-3-5-9-19/h2-15H,1,16H2. The molecule has 0 bridgehead atoms. The van der Waals surface area contributed by atoms with Crippen LogP contribution in [0.1, 0.15) is 11.1 Å². The molecule has 0 amide bonds.